The molecule has 9 aromatic rings. The Labute approximate surface area is 881 Å². The Kier molecular flexibility index (Phi) is 39.4. The highest BCUT2D eigenvalue weighted by Gasteiger charge is 2.41. The first-order valence-electron chi connectivity index (χ1n) is 52.9. The standard InChI is InChI=1S/C16H22O3.C14H19NO3.2C14H19NO2.C14H16O3.C13H16N2O2.C13H14O3.2C12H15NO/c1-9(2)12-6-11-7-15(19-10(3)4)14(18-5)8-13(11)16(12)17;1-8(2)11-5-9-6-12(17-3)13(18-4)7-10(9)14(16)15-11;1-10(2)15-12-7-5-8-13(17-3)11(12)6-4-9-14(15)16;1-10(2)15-13-8-7-12(17-3)9-11(13)5-4-6-14(15)16;1-8(2)10-5-9-6-12-13(17-4-3-16-12)7-11(9)14(10)15;1-9(2)14-8-15(10(3)16)12-7-5-4-6-11(12)13(14)17;1-7(2)9-3-8-4-11-12(16-6-15-11)5-10(8)13(9)14;1-9(2)13-8-7-10-5-3-4-6-11(10)12(13)14;1-9(2)13-11-6-4-3-5-10(11)7-8-12(13)14/h7-10,12H,6H2,1-5H3;6-8,11H,5H2,1-4H3,(H,15,16);5,7-8,10H,4,6,9H2,1-3H3;7-10H,4-6H2,1-3H3;6-8,10H,3-5H2,1-2H3;4-7,9H,8H2,1-3H3;4-5,7,9H,3,6H2,1-2H3;2*3-6,9H,7-8H2,1-2H3. The van der Waals surface area contributed by atoms with Crippen molar-refractivity contribution in [3.63, 3.8) is 0 Å². The lowest BCUT2D eigenvalue weighted by Crippen LogP contribution is -2.51. The van der Waals surface area contributed by atoms with Gasteiger partial charge in [0.25, 0.3) is 17.7 Å². The van der Waals surface area contributed by atoms with E-state index in [2.05, 4.69) is 108 Å². The van der Waals surface area contributed by atoms with Gasteiger partial charge in [-0.2, -0.15) is 0 Å². The second kappa shape index (κ2) is 51.5. The number of amides is 7. The van der Waals surface area contributed by atoms with E-state index in [1.807, 2.05) is 201 Å². The van der Waals surface area contributed by atoms with Crippen LogP contribution in [-0.2, 0) is 70.5 Å². The highest BCUT2D eigenvalue weighted by molar-refractivity contribution is 6.08. The molecule has 8 heterocycles. The molecule has 4 atom stereocenters. The zero-order chi connectivity index (χ0) is 108. The van der Waals surface area contributed by atoms with Gasteiger partial charge >= 0.3 is 0 Å². The van der Waals surface area contributed by atoms with Crippen molar-refractivity contribution in [1.82, 2.24) is 15.1 Å². The summed E-state index contributed by atoms with van der Waals surface area (Å²) in [7, 11) is 8.13. The highest BCUT2D eigenvalue weighted by atomic mass is 16.7. The molecule has 8 aliphatic heterocycles. The Hall–Kier alpha value is -13.7. The molecule has 0 saturated heterocycles. The van der Waals surface area contributed by atoms with Gasteiger partial charge < -0.3 is 77.2 Å². The summed E-state index contributed by atoms with van der Waals surface area (Å²) >= 11 is 0. The molecule has 0 saturated carbocycles. The summed E-state index contributed by atoms with van der Waals surface area (Å²) < 4.78 is 53.9. The van der Waals surface area contributed by atoms with E-state index in [0.29, 0.717) is 114 Å². The minimum atomic E-state index is -0.0457. The molecule has 4 unspecified atom stereocenters. The number of hydrogen-bond donors (Lipinski definition) is 1. The number of nitrogens with one attached hydrogen (secondary N) is 1. The molecule has 3 aliphatic carbocycles. The number of ketones is 3. The van der Waals surface area contributed by atoms with Gasteiger partial charge in [0, 0.05) is 131 Å². The van der Waals surface area contributed by atoms with Crippen LogP contribution in [-0.4, -0.2) is 180 Å². The molecule has 11 aliphatic rings. The summed E-state index contributed by atoms with van der Waals surface area (Å²) in [5.41, 5.74) is 17.7. The molecule has 0 spiro atoms. The molecule has 0 bridgehead atoms. The topological polar surface area (TPSA) is 294 Å². The molecule has 798 valence electrons. The van der Waals surface area contributed by atoms with E-state index in [4.69, 9.17) is 47.4 Å². The Morgan fingerprint density at radius 2 is 0.779 bits per heavy atom. The van der Waals surface area contributed by atoms with Gasteiger partial charge in [-0.3, -0.25) is 52.8 Å². The molecule has 20 rings (SSSR count). The van der Waals surface area contributed by atoms with Gasteiger partial charge in [-0.15, -0.1) is 0 Å². The van der Waals surface area contributed by atoms with Crippen molar-refractivity contribution in [2.45, 2.75) is 271 Å². The Balaban J connectivity index is 0.000000149. The number of Topliss-reactive ketones (excluding diaryl/α,β-unsaturated/α-hetero) is 3. The zero-order valence-electron chi connectivity index (χ0n) is 92.2. The zero-order valence-corrected chi connectivity index (χ0v) is 92.2. The largest absolute Gasteiger partial charge is 0.497 e. The number of aryl methyl sites for hydroxylation is 2. The van der Waals surface area contributed by atoms with Crippen LogP contribution in [0.25, 0.3) is 0 Å². The van der Waals surface area contributed by atoms with Crippen LogP contribution in [0, 0.1) is 41.4 Å². The lowest BCUT2D eigenvalue weighted by molar-refractivity contribution is -0.120. The normalized spacial score (nSPS) is 17.7. The average molecular weight is 2040 g/mol. The van der Waals surface area contributed by atoms with E-state index in [1.54, 1.807) is 57.5 Å². The van der Waals surface area contributed by atoms with E-state index in [9.17, 15) is 47.9 Å². The molecular formula is C122H155N7O20. The van der Waals surface area contributed by atoms with Crippen molar-refractivity contribution in [2.75, 3.05) is 88.4 Å². The summed E-state index contributed by atoms with van der Waals surface area (Å²) in [4.78, 5) is 131. The maximum atomic E-state index is 12.3. The van der Waals surface area contributed by atoms with Crippen molar-refractivity contribution in [3.05, 3.63) is 236 Å². The average Bonchev–Trinajstić information content (AvgIpc) is 1.77. The van der Waals surface area contributed by atoms with E-state index < -0.39 is 0 Å². The molecule has 27 heteroatoms. The number of hydrogen-bond acceptors (Lipinski definition) is 20. The number of benzene rings is 9. The predicted molar refractivity (Wildman–Crippen MR) is 584 cm³/mol. The third kappa shape index (κ3) is 26.9. The van der Waals surface area contributed by atoms with Crippen molar-refractivity contribution in [2.24, 2.45) is 41.4 Å². The van der Waals surface area contributed by atoms with Crippen LogP contribution in [0.1, 0.15) is 284 Å². The van der Waals surface area contributed by atoms with Gasteiger partial charge in [-0.1, -0.05) is 110 Å². The summed E-state index contributed by atoms with van der Waals surface area (Å²) in [6.45, 7) is 45.2. The van der Waals surface area contributed by atoms with Crippen molar-refractivity contribution < 1.29 is 95.3 Å². The van der Waals surface area contributed by atoms with Crippen LogP contribution in [0.2, 0.25) is 0 Å². The molecule has 149 heavy (non-hydrogen) atoms. The van der Waals surface area contributed by atoms with E-state index in [0.717, 1.165) is 167 Å². The van der Waals surface area contributed by atoms with Crippen molar-refractivity contribution in [1.29, 1.82) is 0 Å². The van der Waals surface area contributed by atoms with Gasteiger partial charge in [0.15, 0.2) is 63.3 Å². The van der Waals surface area contributed by atoms with Crippen LogP contribution in [0.3, 0.4) is 0 Å². The summed E-state index contributed by atoms with van der Waals surface area (Å²) in [6, 6.07) is 51.5. The molecule has 1 N–H and O–H groups in total. The Morgan fingerprint density at radius 3 is 1.30 bits per heavy atom. The monoisotopic (exact) mass is 2040 g/mol. The lowest BCUT2D eigenvalue weighted by Gasteiger charge is -2.38. The van der Waals surface area contributed by atoms with Gasteiger partial charge in [-0.05, 0) is 313 Å². The number of nitrogens with zero attached hydrogens (tertiary/aromatic N) is 6. The highest BCUT2D eigenvalue weighted by Crippen LogP contribution is 2.46. The quantitative estimate of drug-likeness (QED) is 0.0940. The summed E-state index contributed by atoms with van der Waals surface area (Å²) in [5.74, 6) is 10.8. The molecule has 27 nitrogen and oxygen atoms in total. The fourth-order valence-corrected chi connectivity index (χ4v) is 20.7. The molecule has 7 amide bonds. The Bertz CT molecular complexity index is 6310. The number of anilines is 4. The third-order valence-electron chi connectivity index (χ3n) is 28.8. The van der Waals surface area contributed by atoms with Gasteiger partial charge in [-0.25, -0.2) is 0 Å². The maximum absolute atomic E-state index is 12.3. The molecule has 0 radical (unpaired) electrons. The lowest BCUT2D eigenvalue weighted by atomic mass is 9.89. The van der Waals surface area contributed by atoms with Crippen LogP contribution in [0.15, 0.2) is 158 Å². The number of para-hydroxylation sites is 2. The number of rotatable bonds is 16. The van der Waals surface area contributed by atoms with Gasteiger partial charge in [0.05, 0.1) is 58.6 Å². The van der Waals surface area contributed by atoms with Crippen LogP contribution in [0.5, 0.6) is 57.5 Å². The maximum Gasteiger partial charge on any atom is 0.257 e. The molecular weight excluding hydrogens is 1880 g/mol. The first kappa shape index (κ1) is 114. The van der Waals surface area contributed by atoms with Crippen LogP contribution < -0.4 is 72.3 Å². The third-order valence-corrected chi connectivity index (χ3v) is 28.8. The molecule has 9 aromatic carbocycles. The minimum Gasteiger partial charge on any atom is -0.497 e. The number of carbonyl (C=O) groups is 10. The van der Waals surface area contributed by atoms with Gasteiger partial charge in [0.1, 0.15) is 31.4 Å². The van der Waals surface area contributed by atoms with Gasteiger partial charge in [0.2, 0.25) is 30.4 Å². The number of carbonyl (C=O) groups excluding carboxylic acids is 10. The Morgan fingerprint density at radius 1 is 0.342 bits per heavy atom. The smallest absolute Gasteiger partial charge is 0.257 e. The summed E-state index contributed by atoms with van der Waals surface area (Å²) in [6.07, 6.45) is 10.9. The molecule has 0 aromatic heterocycles. The van der Waals surface area contributed by atoms with Crippen molar-refractivity contribution >= 4 is 81.4 Å². The van der Waals surface area contributed by atoms with E-state index in [1.165, 1.54) is 23.6 Å². The van der Waals surface area contributed by atoms with Crippen LogP contribution in [0.4, 0.5) is 22.7 Å². The van der Waals surface area contributed by atoms with Crippen LogP contribution >= 0.6 is 0 Å². The minimum absolute atomic E-state index is 0.00639. The van der Waals surface area contributed by atoms with E-state index in [-0.39, 0.29) is 120 Å². The number of methoxy groups -OCH3 is 5. The fraction of sp³-hybridized carbons (Fsp3) is 0.475. The SMILES string of the molecule is CC(=O)N1CN(C(C)C)C(=O)c2ccccc21.CC(C)C1Cc2cc3c(cc2C1=O)OCCO3.CC(C)C1Cc2cc3c(cc2C1=O)OCO3.CC(C)N1C(=O)CCc2ccccc21.CC(C)N1CCc2ccccc2C1=O.COc1cc2c(cc1OC(C)C)CC(C(C)C)C2=O.COc1cc2c(cc1OC)C(=O)NC(C(C)C)C2.COc1ccc2c(c1)CCCC(=O)N2C(C)C.COc1cccc2c1CCCC(=O)N2C(C)C. The summed E-state index contributed by atoms with van der Waals surface area (Å²) in [5, 5.41) is 3.03. The number of ether oxygens (including phenoxy) is 10. The second-order valence-corrected chi connectivity index (χ2v) is 42.3. The van der Waals surface area contributed by atoms with E-state index >= 15 is 0 Å². The second-order valence-electron chi connectivity index (χ2n) is 42.3. The fourth-order valence-electron chi connectivity index (χ4n) is 20.7. The van der Waals surface area contributed by atoms with Crippen molar-refractivity contribution in [3.8, 4) is 57.5 Å². The molecule has 0 fully saturated rings. The number of fused-ring (bicyclic) bond motifs is 11. The first-order chi connectivity index (χ1) is 71.0. The predicted octanol–water partition coefficient (Wildman–Crippen LogP) is 22.3. The first-order valence-corrected chi connectivity index (χ1v) is 52.9.